The lowest BCUT2D eigenvalue weighted by atomic mass is 9.96. The maximum atomic E-state index is 14.4. The number of nitrogens with one attached hydrogen (secondary N) is 8. The maximum absolute atomic E-state index is 14.4. The number of amides is 7. The predicted octanol–water partition coefficient (Wildman–Crippen LogP) is 2.86. The van der Waals surface area contributed by atoms with Gasteiger partial charge in [0.05, 0.1) is 11.7 Å². The van der Waals surface area contributed by atoms with Gasteiger partial charge in [0, 0.05) is 24.0 Å². The van der Waals surface area contributed by atoms with Crippen LogP contribution in [0.25, 0.3) is 10.8 Å². The van der Waals surface area contributed by atoms with Crippen molar-refractivity contribution in [1.29, 1.82) is 0 Å². The van der Waals surface area contributed by atoms with Gasteiger partial charge in [0.25, 0.3) is 0 Å². The summed E-state index contributed by atoms with van der Waals surface area (Å²) in [6, 6.07) is 25.3. The number of rotatable bonds is 6. The molecule has 4 aromatic carbocycles. The number of carbonyl (C=O) groups excluding carboxylic acids is 8. The normalized spacial score (nSPS) is 23.2. The molecule has 4 unspecified atom stereocenters. The summed E-state index contributed by atoms with van der Waals surface area (Å²) in [4.78, 5) is 110. The number of ketones is 1. The molecule has 16 heteroatoms. The fraction of sp³-hybridized carbons (Fsp3) is 0.400. The molecule has 66 heavy (non-hydrogen) atoms. The number of hydrogen-bond donors (Lipinski definition) is 8. The molecule has 0 radical (unpaired) electrons. The van der Waals surface area contributed by atoms with Gasteiger partial charge in [0.15, 0.2) is 5.78 Å². The van der Waals surface area contributed by atoms with Crippen LogP contribution in [-0.2, 0) is 46.4 Å². The maximum Gasteiger partial charge on any atom is 0.246 e. The van der Waals surface area contributed by atoms with Crippen molar-refractivity contribution >= 4 is 57.9 Å². The number of hydrogen-bond acceptors (Lipinski definition) is 9. The fourth-order valence-electron chi connectivity index (χ4n) is 7.19. The van der Waals surface area contributed by atoms with Crippen molar-refractivity contribution in [3.05, 3.63) is 119 Å². The van der Waals surface area contributed by atoms with Gasteiger partial charge in [-0.3, -0.25) is 43.7 Å². The molecule has 350 valence electrons. The Hall–Kier alpha value is -6.94. The Morgan fingerprint density at radius 2 is 0.894 bits per heavy atom. The molecule has 1 aliphatic rings. The molecule has 1 aliphatic heterocycles. The topological polar surface area (TPSA) is 233 Å². The number of fused-ring (bicyclic) bond motifs is 1. The van der Waals surface area contributed by atoms with Crippen molar-refractivity contribution < 1.29 is 38.4 Å². The Morgan fingerprint density at radius 3 is 1.45 bits per heavy atom. The van der Waals surface area contributed by atoms with Crippen molar-refractivity contribution in [3.8, 4) is 0 Å². The molecule has 0 saturated carbocycles. The van der Waals surface area contributed by atoms with E-state index in [0.717, 1.165) is 16.3 Å². The summed E-state index contributed by atoms with van der Waals surface area (Å²) >= 11 is 0. The second kappa shape index (κ2) is 20.1. The van der Waals surface area contributed by atoms with Crippen molar-refractivity contribution in [2.75, 3.05) is 0 Å². The summed E-state index contributed by atoms with van der Waals surface area (Å²) in [5.41, 5.74) is -3.93. The molecule has 1 saturated heterocycles. The third kappa shape index (κ3) is 12.7. The van der Waals surface area contributed by atoms with Crippen LogP contribution in [0.2, 0.25) is 0 Å². The van der Waals surface area contributed by atoms with Gasteiger partial charge in [0.2, 0.25) is 41.4 Å². The highest BCUT2D eigenvalue weighted by atomic mass is 16.2. The molecule has 1 heterocycles. The van der Waals surface area contributed by atoms with Crippen LogP contribution in [-0.4, -0.2) is 93.6 Å². The molecule has 5 rings (SSSR count). The molecule has 7 amide bonds. The molecule has 0 spiro atoms. The van der Waals surface area contributed by atoms with E-state index in [4.69, 9.17) is 0 Å². The Morgan fingerprint density at radius 1 is 0.455 bits per heavy atom. The molecule has 8 N–H and O–H groups in total. The lowest BCUT2D eigenvalue weighted by Crippen LogP contribution is -2.66. The standard InChI is InChI=1S/C50H62N8O8/c1-29-40(60)56-48(5,6)44(64)52-30(2)41(61)57-49(7,8)45(65)53-37(27-31-20-24-35(25-21-31)39(59)34-17-12-11-13-18-34)42(62)58-50(9,10)46(66)54-38(55-47(3,4)43(63)51-29)28-32-22-23-33-16-14-15-19-36(33)26-32/h11-26,29-30,37-38,55H,27-28H2,1-10H3,(H,51,63)(H,52,64)(H,53,65)(H,54,66)(H,56,60)(H,57,61)(H,58,62). The van der Waals surface area contributed by atoms with Crippen molar-refractivity contribution in [1.82, 2.24) is 42.5 Å². The SMILES string of the molecule is CC1NC(=O)C(C)(C)NC(=O)C(C)NC(=O)C(C)(C)NC(Cc2ccc3ccccc3c2)NC(=O)C(C)(C)NC(=O)C(Cc2ccc(C(=O)c3ccccc3)cc2)NC(=O)C(C)(C)NC1=O. The Kier molecular flexibility index (Phi) is 15.2. The first-order valence-corrected chi connectivity index (χ1v) is 21.9. The average Bonchev–Trinajstić information content (AvgIpc) is 3.25. The van der Waals surface area contributed by atoms with Crippen LogP contribution in [0.15, 0.2) is 97.1 Å². The van der Waals surface area contributed by atoms with Crippen molar-refractivity contribution in [2.24, 2.45) is 0 Å². The van der Waals surface area contributed by atoms with Crippen molar-refractivity contribution in [2.45, 2.75) is 129 Å². The van der Waals surface area contributed by atoms with Gasteiger partial charge >= 0.3 is 0 Å². The second-order valence-corrected chi connectivity index (χ2v) is 19.0. The monoisotopic (exact) mass is 902 g/mol. The average molecular weight is 903 g/mol. The summed E-state index contributed by atoms with van der Waals surface area (Å²) in [5.74, 6) is -5.07. The van der Waals surface area contributed by atoms with Crippen LogP contribution in [0, 0.1) is 0 Å². The molecular formula is C50H62N8O8. The first kappa shape index (κ1) is 50.1. The largest absolute Gasteiger partial charge is 0.343 e. The van der Waals surface area contributed by atoms with Crippen LogP contribution < -0.4 is 42.5 Å². The van der Waals surface area contributed by atoms with Crippen LogP contribution in [0.4, 0.5) is 0 Å². The van der Waals surface area contributed by atoms with Gasteiger partial charge in [-0.1, -0.05) is 97.1 Å². The molecule has 1 fully saturated rings. The summed E-state index contributed by atoms with van der Waals surface area (Å²) in [6.07, 6.45) is -0.805. The van der Waals surface area contributed by atoms with Crippen LogP contribution in [0.3, 0.4) is 0 Å². The zero-order valence-electron chi connectivity index (χ0n) is 39.2. The van der Waals surface area contributed by atoms with E-state index in [1.165, 1.54) is 55.4 Å². The van der Waals surface area contributed by atoms with Gasteiger partial charge < -0.3 is 37.2 Å². The van der Waals surface area contributed by atoms with Crippen LogP contribution >= 0.6 is 0 Å². The van der Waals surface area contributed by atoms with Gasteiger partial charge in [-0.05, 0) is 91.1 Å². The first-order chi connectivity index (χ1) is 30.8. The van der Waals surface area contributed by atoms with E-state index in [-0.39, 0.29) is 18.6 Å². The van der Waals surface area contributed by atoms with Crippen LogP contribution in [0.5, 0.6) is 0 Å². The van der Waals surface area contributed by atoms with E-state index in [1.807, 2.05) is 48.5 Å². The summed E-state index contributed by atoms with van der Waals surface area (Å²) in [5, 5.41) is 24.2. The first-order valence-electron chi connectivity index (χ1n) is 21.9. The molecule has 4 atom stereocenters. The molecule has 16 nitrogen and oxygen atoms in total. The molecule has 4 aromatic rings. The van der Waals surface area contributed by atoms with E-state index in [1.54, 1.807) is 62.4 Å². The third-order valence-electron chi connectivity index (χ3n) is 11.5. The van der Waals surface area contributed by atoms with Crippen LogP contribution in [0.1, 0.15) is 96.3 Å². The predicted molar refractivity (Wildman–Crippen MR) is 251 cm³/mol. The van der Waals surface area contributed by atoms with Gasteiger partial charge in [-0.2, -0.15) is 0 Å². The number of benzene rings is 4. The molecule has 0 bridgehead atoms. The lowest BCUT2D eigenvalue weighted by Gasteiger charge is -2.35. The number of carbonyl (C=O) groups is 8. The smallest absolute Gasteiger partial charge is 0.246 e. The second-order valence-electron chi connectivity index (χ2n) is 19.0. The highest BCUT2D eigenvalue weighted by Gasteiger charge is 2.40. The Bertz CT molecular complexity index is 2500. The molecule has 0 aliphatic carbocycles. The zero-order chi connectivity index (χ0) is 48.8. The summed E-state index contributed by atoms with van der Waals surface area (Å²) < 4.78 is 0. The fourth-order valence-corrected chi connectivity index (χ4v) is 7.19. The minimum atomic E-state index is -1.64. The van der Waals surface area contributed by atoms with E-state index >= 15 is 0 Å². The van der Waals surface area contributed by atoms with E-state index < -0.39 is 87.8 Å². The minimum Gasteiger partial charge on any atom is -0.343 e. The Balaban J connectivity index is 1.50. The quantitative estimate of drug-likeness (QED) is 0.133. The highest BCUT2D eigenvalue weighted by molar-refractivity contribution is 6.09. The van der Waals surface area contributed by atoms with Crippen molar-refractivity contribution in [3.63, 3.8) is 0 Å². The van der Waals surface area contributed by atoms with E-state index in [2.05, 4.69) is 42.5 Å². The van der Waals surface area contributed by atoms with E-state index in [0.29, 0.717) is 16.7 Å². The zero-order valence-corrected chi connectivity index (χ0v) is 39.2. The summed E-state index contributed by atoms with van der Waals surface area (Å²) in [6.45, 7) is 14.8. The third-order valence-corrected chi connectivity index (χ3v) is 11.5. The minimum absolute atomic E-state index is 0.0831. The van der Waals surface area contributed by atoms with Gasteiger partial charge in [-0.15, -0.1) is 0 Å². The highest BCUT2D eigenvalue weighted by Crippen LogP contribution is 2.19. The van der Waals surface area contributed by atoms with Gasteiger partial charge in [0.1, 0.15) is 34.7 Å². The molecule has 0 aromatic heterocycles. The molecular weight excluding hydrogens is 841 g/mol. The van der Waals surface area contributed by atoms with E-state index in [9.17, 15) is 38.4 Å². The van der Waals surface area contributed by atoms with Gasteiger partial charge in [-0.25, -0.2) is 0 Å². The lowest BCUT2D eigenvalue weighted by molar-refractivity contribution is -0.138. The Labute approximate surface area is 385 Å². The summed E-state index contributed by atoms with van der Waals surface area (Å²) in [7, 11) is 0.